The zero-order valence-electron chi connectivity index (χ0n) is 15.3. The molecule has 0 aliphatic carbocycles. The molecule has 9 heteroatoms. The number of hydrogen-bond donors (Lipinski definition) is 2. The third-order valence-corrected chi connectivity index (χ3v) is 5.26. The van der Waals surface area contributed by atoms with Crippen LogP contribution in [0.1, 0.15) is 12.0 Å². The molecule has 29 heavy (non-hydrogen) atoms. The molecule has 2 aromatic carbocycles. The van der Waals surface area contributed by atoms with Gasteiger partial charge in [-0.15, -0.1) is 0 Å². The van der Waals surface area contributed by atoms with Crippen LogP contribution in [0.2, 0.25) is 0 Å². The molecule has 0 saturated carbocycles. The molecule has 2 N–H and O–H groups in total. The van der Waals surface area contributed by atoms with E-state index in [0.717, 1.165) is 0 Å². The number of benzene rings is 2. The predicted molar refractivity (Wildman–Crippen MR) is 115 cm³/mol. The maximum absolute atomic E-state index is 12.8. The maximum Gasteiger partial charge on any atom is 0.306 e. The lowest BCUT2D eigenvalue weighted by Gasteiger charge is -2.14. The summed E-state index contributed by atoms with van der Waals surface area (Å²) in [6.45, 7) is 0.0241. The van der Waals surface area contributed by atoms with Crippen LogP contribution in [0.4, 0.5) is 5.69 Å². The summed E-state index contributed by atoms with van der Waals surface area (Å²) < 4.78 is 11.1. The molecule has 7 nitrogen and oxygen atoms in total. The molecule has 1 heterocycles. The number of aliphatic carboxylic acids is 1. The summed E-state index contributed by atoms with van der Waals surface area (Å²) >= 11 is 6.52. The molecule has 0 aromatic heterocycles. The number of thioether (sulfide) groups is 1. The number of nitrogens with zero attached hydrogens (tertiary/aromatic N) is 1. The van der Waals surface area contributed by atoms with Gasteiger partial charge in [-0.05, 0) is 48.0 Å². The van der Waals surface area contributed by atoms with E-state index >= 15 is 0 Å². The molecule has 3 rings (SSSR count). The van der Waals surface area contributed by atoms with E-state index < -0.39 is 5.97 Å². The van der Waals surface area contributed by atoms with Crippen LogP contribution in [0, 0.1) is 0 Å². The molecule has 150 valence electrons. The van der Waals surface area contributed by atoms with E-state index in [2.05, 4.69) is 0 Å². The van der Waals surface area contributed by atoms with Crippen molar-refractivity contribution >= 4 is 51.9 Å². The topological polar surface area (TPSA) is 96.3 Å². The van der Waals surface area contributed by atoms with Crippen LogP contribution in [-0.2, 0) is 9.59 Å². The second kappa shape index (κ2) is 8.97. The van der Waals surface area contributed by atoms with E-state index in [1.54, 1.807) is 36.4 Å². The Hall–Kier alpha value is -3.04. The lowest BCUT2D eigenvalue weighted by atomic mass is 10.1. The van der Waals surface area contributed by atoms with Gasteiger partial charge in [0.25, 0.3) is 5.91 Å². The molecule has 0 radical (unpaired) electrons. The first-order chi connectivity index (χ1) is 13.9. The van der Waals surface area contributed by atoms with Crippen LogP contribution in [0.15, 0.2) is 47.4 Å². The predicted octanol–water partition coefficient (Wildman–Crippen LogP) is 3.66. The van der Waals surface area contributed by atoms with Crippen LogP contribution >= 0.6 is 24.0 Å². The number of phenols is 1. The Morgan fingerprint density at radius 2 is 1.93 bits per heavy atom. The van der Waals surface area contributed by atoms with Crippen LogP contribution in [0.5, 0.6) is 17.2 Å². The van der Waals surface area contributed by atoms with E-state index in [0.29, 0.717) is 32.0 Å². The Labute approximate surface area is 176 Å². The molecule has 1 aliphatic rings. The number of methoxy groups -OCH3 is 1. The summed E-state index contributed by atoms with van der Waals surface area (Å²) in [7, 11) is 1.48. The van der Waals surface area contributed by atoms with E-state index in [1.165, 1.54) is 35.9 Å². The highest BCUT2D eigenvalue weighted by molar-refractivity contribution is 8.27. The van der Waals surface area contributed by atoms with Gasteiger partial charge in [-0.3, -0.25) is 14.5 Å². The molecule has 0 atom stereocenters. The highest BCUT2D eigenvalue weighted by atomic mass is 32.2. The zero-order chi connectivity index (χ0) is 21.0. The number of carboxylic acids is 1. The van der Waals surface area contributed by atoms with Gasteiger partial charge in [-0.2, -0.15) is 0 Å². The quantitative estimate of drug-likeness (QED) is 0.507. The van der Waals surface area contributed by atoms with Crippen molar-refractivity contribution < 1.29 is 29.3 Å². The first-order valence-electron chi connectivity index (χ1n) is 8.48. The SMILES string of the molecule is COc1cc(/C=C2/SC(=S)N(c3ccc(O)cc3)C2=O)ccc1OCCC(=O)O. The van der Waals surface area contributed by atoms with E-state index in [1.807, 2.05) is 0 Å². The molecule has 0 spiro atoms. The summed E-state index contributed by atoms with van der Waals surface area (Å²) in [5, 5.41) is 18.1. The van der Waals surface area contributed by atoms with Crippen LogP contribution in [-0.4, -0.2) is 40.1 Å². The molecular formula is C20H17NO6S2. The second-order valence-electron chi connectivity index (χ2n) is 5.94. The van der Waals surface area contributed by atoms with Gasteiger partial charge < -0.3 is 19.7 Å². The van der Waals surface area contributed by atoms with Crippen molar-refractivity contribution in [2.75, 3.05) is 18.6 Å². The summed E-state index contributed by atoms with van der Waals surface area (Å²) in [5.74, 6) is -0.254. The van der Waals surface area contributed by atoms with E-state index in [-0.39, 0.29) is 24.7 Å². The summed E-state index contributed by atoms with van der Waals surface area (Å²) in [6.07, 6.45) is 1.58. The monoisotopic (exact) mass is 431 g/mol. The normalized spacial score (nSPS) is 15.1. The van der Waals surface area contributed by atoms with Crippen molar-refractivity contribution in [3.05, 3.63) is 52.9 Å². The lowest BCUT2D eigenvalue weighted by Crippen LogP contribution is -2.27. The molecule has 0 unspecified atom stereocenters. The fraction of sp³-hybridized carbons (Fsp3) is 0.150. The number of carboxylic acid groups (broad SMARTS) is 1. The van der Waals surface area contributed by atoms with Crippen LogP contribution in [0.3, 0.4) is 0 Å². The molecule has 0 bridgehead atoms. The zero-order valence-corrected chi connectivity index (χ0v) is 17.0. The first-order valence-corrected chi connectivity index (χ1v) is 9.71. The number of carbonyl (C=O) groups is 2. The largest absolute Gasteiger partial charge is 0.508 e. The summed E-state index contributed by atoms with van der Waals surface area (Å²) in [5.41, 5.74) is 1.28. The van der Waals surface area contributed by atoms with Gasteiger partial charge in [-0.25, -0.2) is 0 Å². The number of thiocarbonyl (C=S) groups is 1. The Morgan fingerprint density at radius 3 is 2.59 bits per heavy atom. The molecule has 1 amide bonds. The van der Waals surface area contributed by atoms with Crippen molar-refractivity contribution in [3.63, 3.8) is 0 Å². The smallest absolute Gasteiger partial charge is 0.306 e. The van der Waals surface area contributed by atoms with E-state index in [4.69, 9.17) is 26.8 Å². The number of hydrogen-bond acceptors (Lipinski definition) is 7. The number of carbonyl (C=O) groups excluding carboxylic acids is 1. The van der Waals surface area contributed by atoms with Crippen molar-refractivity contribution in [2.45, 2.75) is 6.42 Å². The highest BCUT2D eigenvalue weighted by Crippen LogP contribution is 2.37. The molecule has 2 aromatic rings. The van der Waals surface area contributed by atoms with Gasteiger partial charge in [0.1, 0.15) is 5.75 Å². The summed E-state index contributed by atoms with van der Waals surface area (Å²) in [4.78, 5) is 25.3. The van der Waals surface area contributed by atoms with Crippen molar-refractivity contribution in [3.8, 4) is 17.2 Å². The fourth-order valence-corrected chi connectivity index (χ4v) is 3.88. The average molecular weight is 431 g/mol. The standard InChI is InChI=1S/C20H17NO6S2/c1-26-16-10-12(2-7-15(16)27-9-8-18(23)24)11-17-19(25)21(20(28)29-17)13-3-5-14(22)6-4-13/h2-7,10-11,22H,8-9H2,1H3,(H,23,24)/b17-11+. The molecule has 1 saturated heterocycles. The third kappa shape index (κ3) is 4.87. The minimum Gasteiger partial charge on any atom is -0.508 e. The lowest BCUT2D eigenvalue weighted by molar-refractivity contribution is -0.137. The van der Waals surface area contributed by atoms with Gasteiger partial charge >= 0.3 is 5.97 Å². The number of amides is 1. The maximum atomic E-state index is 12.8. The van der Waals surface area contributed by atoms with Gasteiger partial charge in [-0.1, -0.05) is 30.0 Å². The minimum absolute atomic E-state index is 0.0241. The van der Waals surface area contributed by atoms with Gasteiger partial charge in [0.15, 0.2) is 15.8 Å². The van der Waals surface area contributed by atoms with Crippen molar-refractivity contribution in [1.82, 2.24) is 0 Å². The van der Waals surface area contributed by atoms with Gasteiger partial charge in [0.2, 0.25) is 0 Å². The number of rotatable bonds is 7. The second-order valence-corrected chi connectivity index (χ2v) is 7.61. The minimum atomic E-state index is -0.948. The van der Waals surface area contributed by atoms with E-state index in [9.17, 15) is 14.7 Å². The van der Waals surface area contributed by atoms with Crippen molar-refractivity contribution in [2.24, 2.45) is 0 Å². The Morgan fingerprint density at radius 1 is 1.21 bits per heavy atom. The third-order valence-electron chi connectivity index (χ3n) is 3.96. The highest BCUT2D eigenvalue weighted by Gasteiger charge is 2.33. The molecule has 1 fully saturated rings. The Kier molecular flexibility index (Phi) is 6.40. The first kappa shape index (κ1) is 20.7. The van der Waals surface area contributed by atoms with Crippen molar-refractivity contribution in [1.29, 1.82) is 0 Å². The number of anilines is 1. The number of phenolic OH excluding ortho intramolecular Hbond substituents is 1. The molecular weight excluding hydrogens is 414 g/mol. The molecule has 1 aliphatic heterocycles. The average Bonchev–Trinajstić information content (AvgIpc) is 2.96. The number of ether oxygens (including phenoxy) is 2. The number of aromatic hydroxyl groups is 1. The van der Waals surface area contributed by atoms with Crippen LogP contribution in [0.25, 0.3) is 6.08 Å². The van der Waals surface area contributed by atoms with Crippen LogP contribution < -0.4 is 14.4 Å². The van der Waals surface area contributed by atoms with Gasteiger partial charge in [0, 0.05) is 0 Å². The Bertz CT molecular complexity index is 987. The van der Waals surface area contributed by atoms with Gasteiger partial charge in [0.05, 0.1) is 30.7 Å². The Balaban J connectivity index is 1.80. The fourth-order valence-electron chi connectivity index (χ4n) is 2.58. The summed E-state index contributed by atoms with van der Waals surface area (Å²) in [6, 6.07) is 11.3.